The number of non-ortho nitro benzene ring substituents is 1. The van der Waals surface area contributed by atoms with E-state index in [1.54, 1.807) is 12.1 Å². The fourth-order valence-corrected chi connectivity index (χ4v) is 4.80. The summed E-state index contributed by atoms with van der Waals surface area (Å²) >= 11 is 0. The highest BCUT2D eigenvalue weighted by molar-refractivity contribution is 5.82. The Hall–Kier alpha value is -2.93. The summed E-state index contributed by atoms with van der Waals surface area (Å²) in [5, 5.41) is 14.4. The van der Waals surface area contributed by atoms with Gasteiger partial charge in [-0.1, -0.05) is 30.3 Å². The number of nitro groups is 1. The molecular weight excluding hydrogens is 380 g/mol. The number of nitro benzene ring substituents is 1. The molecule has 30 heavy (non-hydrogen) atoms. The average molecular weight is 406 g/mol. The Morgan fingerprint density at radius 3 is 2.67 bits per heavy atom. The van der Waals surface area contributed by atoms with E-state index in [1.807, 2.05) is 12.1 Å². The summed E-state index contributed by atoms with van der Waals surface area (Å²) in [5.74, 6) is -0.107. The van der Waals surface area contributed by atoms with Crippen LogP contribution in [0.1, 0.15) is 24.0 Å². The molecule has 5 rings (SSSR count). The molecule has 2 aromatic carbocycles. The van der Waals surface area contributed by atoms with Crippen LogP contribution in [0.25, 0.3) is 0 Å². The van der Waals surface area contributed by atoms with Gasteiger partial charge in [0.2, 0.25) is 5.91 Å². The number of rotatable bonds is 5. The summed E-state index contributed by atoms with van der Waals surface area (Å²) in [6, 6.07) is 15.9. The quantitative estimate of drug-likeness (QED) is 0.610. The standard InChI is InChI=1S/C23H26N4O3/c28-23(24-18-6-7-18)20-13-17-12-19(27(29)30)8-9-21(17)26-11-10-25(15-22(20)26)14-16-4-2-1-3-5-16/h1-5,8-9,12,18,20,22H,6-7,10-11,13-15H2,(H,24,28). The predicted molar refractivity (Wildman–Crippen MR) is 114 cm³/mol. The molecule has 0 radical (unpaired) electrons. The summed E-state index contributed by atoms with van der Waals surface area (Å²) in [4.78, 5) is 28.7. The second kappa shape index (κ2) is 7.72. The number of fused-ring (bicyclic) bond motifs is 3. The summed E-state index contributed by atoms with van der Waals surface area (Å²) in [6.45, 7) is 3.40. The Morgan fingerprint density at radius 1 is 1.13 bits per heavy atom. The van der Waals surface area contributed by atoms with Crippen molar-refractivity contribution < 1.29 is 9.72 Å². The van der Waals surface area contributed by atoms with Crippen LogP contribution < -0.4 is 10.2 Å². The zero-order valence-corrected chi connectivity index (χ0v) is 16.9. The smallest absolute Gasteiger partial charge is 0.269 e. The number of piperazine rings is 1. The van der Waals surface area contributed by atoms with Crippen molar-refractivity contribution in [2.45, 2.75) is 37.9 Å². The van der Waals surface area contributed by atoms with Crippen LogP contribution >= 0.6 is 0 Å². The van der Waals surface area contributed by atoms with E-state index in [2.05, 4.69) is 39.4 Å². The number of carbonyl (C=O) groups excluding carboxylic acids is 1. The lowest BCUT2D eigenvalue weighted by molar-refractivity contribution is -0.384. The maximum atomic E-state index is 13.1. The number of amides is 1. The molecule has 2 atom stereocenters. The molecule has 2 heterocycles. The number of benzene rings is 2. The van der Waals surface area contributed by atoms with Crippen molar-refractivity contribution in [3.05, 3.63) is 69.8 Å². The molecule has 0 aromatic heterocycles. The maximum absolute atomic E-state index is 13.1. The summed E-state index contributed by atoms with van der Waals surface area (Å²) in [5.41, 5.74) is 3.32. The van der Waals surface area contributed by atoms with Crippen LogP contribution in [0, 0.1) is 16.0 Å². The highest BCUT2D eigenvalue weighted by Crippen LogP contribution is 2.38. The molecule has 0 bridgehead atoms. The van der Waals surface area contributed by atoms with E-state index in [4.69, 9.17) is 0 Å². The molecule has 2 fully saturated rings. The molecule has 1 amide bonds. The van der Waals surface area contributed by atoms with Gasteiger partial charge in [-0.25, -0.2) is 0 Å². The highest BCUT2D eigenvalue weighted by atomic mass is 16.6. The Morgan fingerprint density at radius 2 is 1.93 bits per heavy atom. The number of nitrogens with zero attached hydrogens (tertiary/aromatic N) is 3. The first-order valence-corrected chi connectivity index (χ1v) is 10.7. The molecule has 1 aliphatic carbocycles. The van der Waals surface area contributed by atoms with Crippen molar-refractivity contribution in [3.63, 3.8) is 0 Å². The first kappa shape index (κ1) is 19.1. The third-order valence-electron chi connectivity index (χ3n) is 6.50. The molecule has 2 aromatic rings. The Kier molecular flexibility index (Phi) is 4.90. The van der Waals surface area contributed by atoms with E-state index >= 15 is 0 Å². The molecule has 156 valence electrons. The van der Waals surface area contributed by atoms with E-state index in [-0.39, 0.29) is 28.5 Å². The van der Waals surface area contributed by atoms with Gasteiger partial charge in [0.05, 0.1) is 16.9 Å². The molecule has 1 N–H and O–H groups in total. The van der Waals surface area contributed by atoms with Crippen LogP contribution in [0.5, 0.6) is 0 Å². The largest absolute Gasteiger partial charge is 0.365 e. The molecule has 7 heteroatoms. The zero-order chi connectivity index (χ0) is 20.7. The Bertz CT molecular complexity index is 960. The third kappa shape index (κ3) is 3.77. The van der Waals surface area contributed by atoms with Gasteiger partial charge in [0, 0.05) is 50.0 Å². The number of anilines is 1. The van der Waals surface area contributed by atoms with Crippen molar-refractivity contribution in [3.8, 4) is 0 Å². The zero-order valence-electron chi connectivity index (χ0n) is 16.9. The van der Waals surface area contributed by atoms with E-state index in [1.165, 1.54) is 5.56 Å². The van der Waals surface area contributed by atoms with Crippen LogP contribution in [0.3, 0.4) is 0 Å². The van der Waals surface area contributed by atoms with Gasteiger partial charge in [0.25, 0.3) is 5.69 Å². The molecular formula is C23H26N4O3. The number of carbonyl (C=O) groups is 1. The van der Waals surface area contributed by atoms with Crippen LogP contribution in [0.4, 0.5) is 11.4 Å². The molecule has 1 saturated carbocycles. The maximum Gasteiger partial charge on any atom is 0.269 e. The Balaban J connectivity index is 1.42. The van der Waals surface area contributed by atoms with Crippen molar-refractivity contribution in [1.82, 2.24) is 10.2 Å². The van der Waals surface area contributed by atoms with Crippen LogP contribution in [-0.4, -0.2) is 47.4 Å². The minimum Gasteiger partial charge on any atom is -0.365 e. The lowest BCUT2D eigenvalue weighted by atomic mass is 9.83. The number of hydrogen-bond donors (Lipinski definition) is 1. The second-order valence-electron chi connectivity index (χ2n) is 8.65. The third-order valence-corrected chi connectivity index (χ3v) is 6.50. The first-order chi connectivity index (χ1) is 14.6. The van der Waals surface area contributed by atoms with Gasteiger partial charge in [-0.05, 0) is 36.5 Å². The average Bonchev–Trinajstić information content (AvgIpc) is 3.57. The molecule has 7 nitrogen and oxygen atoms in total. The monoisotopic (exact) mass is 406 g/mol. The molecule has 0 spiro atoms. The summed E-state index contributed by atoms with van der Waals surface area (Å²) in [7, 11) is 0. The van der Waals surface area contributed by atoms with Gasteiger partial charge in [0.1, 0.15) is 0 Å². The van der Waals surface area contributed by atoms with Crippen molar-refractivity contribution in [2.24, 2.45) is 5.92 Å². The van der Waals surface area contributed by atoms with Gasteiger partial charge in [-0.2, -0.15) is 0 Å². The first-order valence-electron chi connectivity index (χ1n) is 10.7. The van der Waals surface area contributed by atoms with E-state index in [0.29, 0.717) is 12.5 Å². The number of hydrogen-bond acceptors (Lipinski definition) is 5. The van der Waals surface area contributed by atoms with Gasteiger partial charge in [-0.15, -0.1) is 0 Å². The molecule has 3 aliphatic rings. The lowest BCUT2D eigenvalue weighted by Crippen LogP contribution is -2.61. The van der Waals surface area contributed by atoms with Crippen molar-refractivity contribution in [1.29, 1.82) is 0 Å². The molecule has 2 aliphatic heterocycles. The Labute approximate surface area is 175 Å². The number of nitrogens with one attached hydrogen (secondary N) is 1. The SMILES string of the molecule is O=C(NC1CC1)C1Cc2cc([N+](=O)[O-])ccc2N2CCN(Cc3ccccc3)CC12. The predicted octanol–water partition coefficient (Wildman–Crippen LogP) is 2.74. The van der Waals surface area contributed by atoms with Crippen molar-refractivity contribution >= 4 is 17.3 Å². The van der Waals surface area contributed by atoms with E-state index in [9.17, 15) is 14.9 Å². The topological polar surface area (TPSA) is 78.7 Å². The van der Waals surface area contributed by atoms with Gasteiger partial charge in [0.15, 0.2) is 0 Å². The lowest BCUT2D eigenvalue weighted by Gasteiger charge is -2.49. The van der Waals surface area contributed by atoms with E-state index in [0.717, 1.165) is 50.3 Å². The van der Waals surface area contributed by atoms with Crippen LogP contribution in [-0.2, 0) is 17.8 Å². The highest BCUT2D eigenvalue weighted by Gasteiger charge is 2.42. The molecule has 1 saturated heterocycles. The van der Waals surface area contributed by atoms with Crippen molar-refractivity contribution in [2.75, 3.05) is 24.5 Å². The van der Waals surface area contributed by atoms with Crippen LogP contribution in [0.2, 0.25) is 0 Å². The van der Waals surface area contributed by atoms with Gasteiger partial charge < -0.3 is 10.2 Å². The summed E-state index contributed by atoms with van der Waals surface area (Å²) < 4.78 is 0. The second-order valence-corrected chi connectivity index (χ2v) is 8.65. The van der Waals surface area contributed by atoms with E-state index < -0.39 is 0 Å². The fourth-order valence-electron chi connectivity index (χ4n) is 4.80. The van der Waals surface area contributed by atoms with Gasteiger partial charge in [-0.3, -0.25) is 19.8 Å². The van der Waals surface area contributed by atoms with Gasteiger partial charge >= 0.3 is 0 Å². The minimum atomic E-state index is -0.358. The molecule has 2 unspecified atom stereocenters. The fraction of sp³-hybridized carbons (Fsp3) is 0.435. The normalized spacial score (nSPS) is 23.4. The minimum absolute atomic E-state index is 0.0789. The summed E-state index contributed by atoms with van der Waals surface area (Å²) in [6.07, 6.45) is 2.65. The van der Waals surface area contributed by atoms with Crippen LogP contribution in [0.15, 0.2) is 48.5 Å².